The second-order valence-corrected chi connectivity index (χ2v) is 4.07. The van der Waals surface area contributed by atoms with Crippen molar-refractivity contribution in [3.63, 3.8) is 0 Å². The van der Waals surface area contributed by atoms with Crippen LogP contribution in [0.4, 0.5) is 0 Å². The largest absolute Gasteiger partial charge is 0.198 e. The standard InChI is InChI=1S/C9H14N4/c1-8(2,5-10)7-12-13-9(3,4)6-11/h7H2,1-4H3. The Bertz CT molecular complexity index is 275. The number of nitrogens with zero attached hydrogens (tertiary/aromatic N) is 4. The average Bonchev–Trinajstić information content (AvgIpc) is 2.04. The summed E-state index contributed by atoms with van der Waals surface area (Å²) in [4.78, 5) is 0. The van der Waals surface area contributed by atoms with E-state index < -0.39 is 11.0 Å². The molecule has 0 saturated carbocycles. The molecule has 0 aliphatic heterocycles. The lowest BCUT2D eigenvalue weighted by molar-refractivity contribution is 0.482. The maximum Gasteiger partial charge on any atom is 0.161 e. The molecule has 0 aliphatic carbocycles. The van der Waals surface area contributed by atoms with Gasteiger partial charge < -0.3 is 0 Å². The molecule has 0 saturated heterocycles. The average molecular weight is 178 g/mol. The van der Waals surface area contributed by atoms with Crippen molar-refractivity contribution in [2.24, 2.45) is 15.6 Å². The molecule has 0 aromatic heterocycles. The highest BCUT2D eigenvalue weighted by Crippen LogP contribution is 2.15. The fourth-order valence-electron chi connectivity index (χ4n) is 0.447. The molecule has 0 aromatic rings. The molecule has 0 N–H and O–H groups in total. The minimum Gasteiger partial charge on any atom is -0.198 e. The van der Waals surface area contributed by atoms with Crippen LogP contribution in [0.15, 0.2) is 10.2 Å². The molecule has 0 radical (unpaired) electrons. The molecule has 0 amide bonds. The lowest BCUT2D eigenvalue weighted by atomic mass is 9.97. The van der Waals surface area contributed by atoms with E-state index in [1.54, 1.807) is 27.7 Å². The SMILES string of the molecule is CC(C)(C#N)CN=NC(C)(C)C#N. The molecule has 70 valence electrons. The molecule has 0 spiro atoms. The van der Waals surface area contributed by atoms with Crippen LogP contribution in [0.25, 0.3) is 0 Å². The third kappa shape index (κ3) is 4.92. The fraction of sp³-hybridized carbons (Fsp3) is 0.778. The van der Waals surface area contributed by atoms with Crippen molar-refractivity contribution >= 4 is 0 Å². The number of nitriles is 2. The van der Waals surface area contributed by atoms with E-state index in [0.29, 0.717) is 6.54 Å². The van der Waals surface area contributed by atoms with E-state index in [4.69, 9.17) is 10.5 Å². The molecular formula is C9H14N4. The summed E-state index contributed by atoms with van der Waals surface area (Å²) >= 11 is 0. The monoisotopic (exact) mass is 178 g/mol. The molecule has 0 aliphatic rings. The Hall–Kier alpha value is -1.42. The van der Waals surface area contributed by atoms with Gasteiger partial charge in [-0.25, -0.2) is 0 Å². The van der Waals surface area contributed by atoms with Crippen molar-refractivity contribution in [2.75, 3.05) is 6.54 Å². The molecule has 0 rings (SSSR count). The zero-order chi connectivity index (χ0) is 10.5. The highest BCUT2D eigenvalue weighted by molar-refractivity contribution is 4.99. The Kier molecular flexibility index (Phi) is 3.56. The summed E-state index contributed by atoms with van der Waals surface area (Å²) in [5.74, 6) is 0. The van der Waals surface area contributed by atoms with Gasteiger partial charge in [0.05, 0.1) is 24.1 Å². The highest BCUT2D eigenvalue weighted by Gasteiger charge is 2.18. The van der Waals surface area contributed by atoms with Crippen LogP contribution in [0.1, 0.15) is 27.7 Å². The van der Waals surface area contributed by atoms with Gasteiger partial charge in [0.1, 0.15) is 0 Å². The Morgan fingerprint density at radius 2 is 1.62 bits per heavy atom. The van der Waals surface area contributed by atoms with Crippen LogP contribution in [0.2, 0.25) is 0 Å². The van der Waals surface area contributed by atoms with Gasteiger partial charge in [-0.2, -0.15) is 20.8 Å². The van der Waals surface area contributed by atoms with Gasteiger partial charge in [-0.15, -0.1) is 0 Å². The molecule has 4 heteroatoms. The smallest absolute Gasteiger partial charge is 0.161 e. The zero-order valence-corrected chi connectivity index (χ0v) is 8.50. The van der Waals surface area contributed by atoms with Gasteiger partial charge in [0.25, 0.3) is 0 Å². The van der Waals surface area contributed by atoms with Crippen LogP contribution in [0.3, 0.4) is 0 Å². The van der Waals surface area contributed by atoms with Crippen molar-refractivity contribution in [2.45, 2.75) is 33.2 Å². The molecule has 0 fully saturated rings. The summed E-state index contributed by atoms with van der Waals surface area (Å²) in [5.41, 5.74) is -1.29. The van der Waals surface area contributed by atoms with E-state index in [0.717, 1.165) is 0 Å². The van der Waals surface area contributed by atoms with Crippen LogP contribution in [0, 0.1) is 28.1 Å². The first-order valence-electron chi connectivity index (χ1n) is 4.04. The lowest BCUT2D eigenvalue weighted by Gasteiger charge is -2.11. The Morgan fingerprint density at radius 3 is 2.00 bits per heavy atom. The van der Waals surface area contributed by atoms with Crippen molar-refractivity contribution in [1.29, 1.82) is 10.5 Å². The summed E-state index contributed by atoms with van der Waals surface area (Å²) in [7, 11) is 0. The quantitative estimate of drug-likeness (QED) is 0.622. The summed E-state index contributed by atoms with van der Waals surface area (Å²) in [6.07, 6.45) is 0. The Morgan fingerprint density at radius 1 is 1.08 bits per heavy atom. The number of azo groups is 1. The number of rotatable bonds is 3. The summed E-state index contributed by atoms with van der Waals surface area (Å²) in [5, 5.41) is 24.9. The Balaban J connectivity index is 4.22. The minimum absolute atomic E-state index is 0.328. The molecular weight excluding hydrogens is 164 g/mol. The predicted octanol–water partition coefficient (Wildman–Crippen LogP) is 2.29. The van der Waals surface area contributed by atoms with E-state index in [9.17, 15) is 0 Å². The zero-order valence-electron chi connectivity index (χ0n) is 8.50. The van der Waals surface area contributed by atoms with E-state index in [1.807, 2.05) is 6.07 Å². The van der Waals surface area contributed by atoms with Crippen LogP contribution in [0.5, 0.6) is 0 Å². The van der Waals surface area contributed by atoms with Gasteiger partial charge in [-0.1, -0.05) is 0 Å². The van der Waals surface area contributed by atoms with E-state index >= 15 is 0 Å². The summed E-state index contributed by atoms with van der Waals surface area (Å²) in [6, 6.07) is 4.11. The molecule has 0 atom stereocenters. The summed E-state index contributed by atoms with van der Waals surface area (Å²) in [6.45, 7) is 7.25. The minimum atomic E-state index is -0.786. The Labute approximate surface area is 78.9 Å². The van der Waals surface area contributed by atoms with Crippen molar-refractivity contribution in [1.82, 2.24) is 0 Å². The van der Waals surface area contributed by atoms with Gasteiger partial charge in [0.15, 0.2) is 5.54 Å². The van der Waals surface area contributed by atoms with Crippen LogP contribution in [-0.2, 0) is 0 Å². The molecule has 13 heavy (non-hydrogen) atoms. The molecule has 0 unspecified atom stereocenters. The van der Waals surface area contributed by atoms with Gasteiger partial charge in [0.2, 0.25) is 0 Å². The topological polar surface area (TPSA) is 72.3 Å². The van der Waals surface area contributed by atoms with Gasteiger partial charge in [0, 0.05) is 0 Å². The van der Waals surface area contributed by atoms with Crippen LogP contribution >= 0.6 is 0 Å². The third-order valence-corrected chi connectivity index (χ3v) is 1.36. The summed E-state index contributed by atoms with van der Waals surface area (Å²) < 4.78 is 0. The predicted molar refractivity (Wildman–Crippen MR) is 48.8 cm³/mol. The first kappa shape index (κ1) is 11.6. The second-order valence-electron chi connectivity index (χ2n) is 4.07. The lowest BCUT2D eigenvalue weighted by Crippen LogP contribution is -2.15. The fourth-order valence-corrected chi connectivity index (χ4v) is 0.447. The van der Waals surface area contributed by atoms with Crippen LogP contribution < -0.4 is 0 Å². The maximum absolute atomic E-state index is 8.66. The third-order valence-electron chi connectivity index (χ3n) is 1.36. The van der Waals surface area contributed by atoms with Crippen LogP contribution in [-0.4, -0.2) is 12.1 Å². The van der Waals surface area contributed by atoms with Gasteiger partial charge in [-0.05, 0) is 27.7 Å². The normalized spacial score (nSPS) is 12.5. The van der Waals surface area contributed by atoms with Crippen molar-refractivity contribution in [3.8, 4) is 12.1 Å². The number of hydrogen-bond acceptors (Lipinski definition) is 4. The first-order valence-corrected chi connectivity index (χ1v) is 4.04. The van der Waals surface area contributed by atoms with E-state index in [2.05, 4.69) is 16.3 Å². The van der Waals surface area contributed by atoms with Gasteiger partial charge in [-0.3, -0.25) is 0 Å². The van der Waals surface area contributed by atoms with Crippen molar-refractivity contribution < 1.29 is 0 Å². The van der Waals surface area contributed by atoms with Gasteiger partial charge >= 0.3 is 0 Å². The first-order chi connectivity index (χ1) is 5.83. The van der Waals surface area contributed by atoms with Crippen molar-refractivity contribution in [3.05, 3.63) is 0 Å². The van der Waals surface area contributed by atoms with E-state index in [1.165, 1.54) is 0 Å². The molecule has 0 aromatic carbocycles. The van der Waals surface area contributed by atoms with E-state index in [-0.39, 0.29) is 0 Å². The molecule has 4 nitrogen and oxygen atoms in total. The molecule has 0 bridgehead atoms. The maximum atomic E-state index is 8.66. The highest BCUT2D eigenvalue weighted by atomic mass is 15.1. The second kappa shape index (κ2) is 4.00. The number of hydrogen-bond donors (Lipinski definition) is 0. The molecule has 0 heterocycles.